The molecule has 0 bridgehead atoms. The second-order valence-electron chi connectivity index (χ2n) is 19.1. The Labute approximate surface area is 322 Å². The molecule has 294 valence electrons. The number of esters is 1. The molecule has 2 aromatic carbocycles. The summed E-state index contributed by atoms with van der Waals surface area (Å²) >= 11 is 0. The highest BCUT2D eigenvalue weighted by Crippen LogP contribution is 2.53. The van der Waals surface area contributed by atoms with Gasteiger partial charge in [-0.3, -0.25) is 0 Å². The maximum Gasteiger partial charge on any atom is 0.344 e. The molecule has 7 nitrogen and oxygen atoms in total. The van der Waals surface area contributed by atoms with E-state index >= 15 is 0 Å². The predicted molar refractivity (Wildman–Crippen MR) is 220 cm³/mol. The Kier molecular flexibility index (Phi) is 12.3. The van der Waals surface area contributed by atoms with E-state index < -0.39 is 22.2 Å². The lowest BCUT2D eigenvalue weighted by Crippen LogP contribution is -2.57. The summed E-state index contributed by atoms with van der Waals surface area (Å²) in [5, 5.41) is 1.08. The van der Waals surface area contributed by atoms with Gasteiger partial charge in [-0.15, -0.1) is 0 Å². The Balaban J connectivity index is 1.61. The molecule has 0 radical (unpaired) electrons. The van der Waals surface area contributed by atoms with E-state index in [-0.39, 0.29) is 40.3 Å². The van der Waals surface area contributed by atoms with Crippen molar-refractivity contribution in [2.24, 2.45) is 5.92 Å². The monoisotopic (exact) mass is 764 g/mol. The first kappa shape index (κ1) is 41.7. The molecule has 0 aliphatic carbocycles. The molecule has 0 N–H and O–H groups in total. The lowest BCUT2D eigenvalue weighted by Gasteiger charge is -2.44. The zero-order valence-corrected chi connectivity index (χ0v) is 37.2. The van der Waals surface area contributed by atoms with Gasteiger partial charge in [0, 0.05) is 23.3 Å². The van der Waals surface area contributed by atoms with Gasteiger partial charge in [-0.05, 0) is 78.6 Å². The van der Waals surface area contributed by atoms with E-state index in [9.17, 15) is 4.79 Å². The van der Waals surface area contributed by atoms with Crippen LogP contribution in [0, 0.1) is 5.92 Å². The summed E-state index contributed by atoms with van der Waals surface area (Å²) in [5.41, 5.74) is 4.05. The van der Waals surface area contributed by atoms with E-state index in [1.54, 1.807) is 0 Å². The lowest BCUT2D eigenvalue weighted by molar-refractivity contribution is -0.173. The molecule has 3 heterocycles. The molecule has 5 atom stereocenters. The summed E-state index contributed by atoms with van der Waals surface area (Å²) in [6, 6.07) is 12.6. The highest BCUT2D eigenvalue weighted by atomic mass is 28.4. The molecular formula is C44H68O7Si2. The third-order valence-electron chi connectivity index (χ3n) is 12.6. The average molecular weight is 765 g/mol. The first-order chi connectivity index (χ1) is 24.7. The first-order valence-electron chi connectivity index (χ1n) is 20.1. The van der Waals surface area contributed by atoms with E-state index in [0.717, 1.165) is 64.7 Å². The van der Waals surface area contributed by atoms with Crippen molar-refractivity contribution in [2.45, 2.75) is 181 Å². The standard InChI is InChI=1S/C44H68O7Si2/c1-15-20-32(36-25-38(51-53(13,14)43(8,9)10)44(41(45)49-36)37(16-2)50-44)34-27-47-40-33(34)24-31(23-29(3)4)39(46-26-30-21-18-17-19-22-30)35(40)28-48-52(11,12)42(5,6)7/h17-19,21-22,24,27,29,32,36-38H,15-16,20,23,25-26,28H2,1-14H3/t32?,36-,37?,38-,44?/m1/s1. The van der Waals surface area contributed by atoms with Crippen molar-refractivity contribution in [3.05, 3.63) is 64.9 Å². The fourth-order valence-electron chi connectivity index (χ4n) is 7.30. The highest BCUT2D eigenvalue weighted by molar-refractivity contribution is 6.74. The number of benzene rings is 2. The number of hydrogen-bond donors (Lipinski definition) is 0. The van der Waals surface area contributed by atoms with Gasteiger partial charge in [0.1, 0.15) is 30.1 Å². The van der Waals surface area contributed by atoms with Crippen molar-refractivity contribution in [1.29, 1.82) is 0 Å². The number of ether oxygens (including phenoxy) is 3. The minimum absolute atomic E-state index is 0.0127. The second kappa shape index (κ2) is 15.6. The second-order valence-corrected chi connectivity index (χ2v) is 28.6. The molecule has 53 heavy (non-hydrogen) atoms. The quantitative estimate of drug-likeness (QED) is 0.0866. The van der Waals surface area contributed by atoms with Gasteiger partial charge in [-0.1, -0.05) is 106 Å². The lowest BCUT2D eigenvalue weighted by atomic mass is 9.81. The van der Waals surface area contributed by atoms with Gasteiger partial charge in [-0.2, -0.15) is 0 Å². The van der Waals surface area contributed by atoms with Gasteiger partial charge in [0.15, 0.2) is 16.6 Å². The van der Waals surface area contributed by atoms with Crippen molar-refractivity contribution >= 4 is 33.6 Å². The third-order valence-corrected chi connectivity index (χ3v) is 21.5. The first-order valence-corrected chi connectivity index (χ1v) is 25.9. The van der Waals surface area contributed by atoms with Gasteiger partial charge in [-0.25, -0.2) is 4.79 Å². The van der Waals surface area contributed by atoms with Gasteiger partial charge >= 0.3 is 5.97 Å². The number of fused-ring (bicyclic) bond motifs is 1. The maximum absolute atomic E-state index is 14.1. The SMILES string of the molecule is CCCC(c1coc2c(CO[Si](C)(C)C(C)(C)C)c(OCc3ccccc3)c(CC(C)C)cc12)[C@H]1C[C@@H](O[Si](C)(C)C(C)(C)C)C2(OC2CC)C(=O)O1. The van der Waals surface area contributed by atoms with Gasteiger partial charge in [0.05, 0.1) is 24.5 Å². The summed E-state index contributed by atoms with van der Waals surface area (Å²) in [7, 11) is -4.38. The predicted octanol–water partition coefficient (Wildman–Crippen LogP) is 11.9. The maximum atomic E-state index is 14.1. The fourth-order valence-corrected chi connectivity index (χ4v) is 9.58. The van der Waals surface area contributed by atoms with Gasteiger partial charge in [0.25, 0.3) is 0 Å². The Hall–Kier alpha value is -2.44. The van der Waals surface area contributed by atoms with E-state index in [0.29, 0.717) is 25.6 Å². The van der Waals surface area contributed by atoms with Crippen LogP contribution in [-0.2, 0) is 42.8 Å². The minimum atomic E-state index is -2.24. The Morgan fingerprint density at radius 3 is 2.17 bits per heavy atom. The summed E-state index contributed by atoms with van der Waals surface area (Å²) in [6.45, 7) is 32.2. The minimum Gasteiger partial charge on any atom is -0.488 e. The summed E-state index contributed by atoms with van der Waals surface area (Å²) in [6.07, 6.45) is 4.93. The van der Waals surface area contributed by atoms with Gasteiger partial charge < -0.3 is 27.5 Å². The fraction of sp³-hybridized carbons (Fsp3) is 0.659. The van der Waals surface area contributed by atoms with Crippen molar-refractivity contribution < 1.29 is 32.3 Å². The molecule has 9 heteroatoms. The smallest absolute Gasteiger partial charge is 0.344 e. The van der Waals surface area contributed by atoms with E-state index in [1.807, 2.05) is 24.5 Å². The molecule has 5 rings (SSSR count). The number of furan rings is 1. The Morgan fingerprint density at radius 2 is 1.60 bits per heavy atom. The van der Waals surface area contributed by atoms with Crippen molar-refractivity contribution in [3.63, 3.8) is 0 Å². The topological polar surface area (TPSA) is 79.7 Å². The van der Waals surface area contributed by atoms with E-state index in [1.165, 1.54) is 0 Å². The largest absolute Gasteiger partial charge is 0.488 e. The van der Waals surface area contributed by atoms with Crippen LogP contribution in [0.1, 0.15) is 123 Å². The summed E-state index contributed by atoms with van der Waals surface area (Å²) in [5.74, 6) is 0.895. The van der Waals surface area contributed by atoms with Crippen LogP contribution in [0.15, 0.2) is 47.1 Å². The number of carbonyl (C=O) groups excluding carboxylic acids is 1. The Bertz CT molecular complexity index is 1720. The van der Waals surface area contributed by atoms with Crippen molar-refractivity contribution in [1.82, 2.24) is 0 Å². The number of cyclic esters (lactones) is 1. The highest BCUT2D eigenvalue weighted by Gasteiger charge is 2.71. The average Bonchev–Trinajstić information content (AvgIpc) is 3.66. The zero-order valence-electron chi connectivity index (χ0n) is 35.2. The Morgan fingerprint density at radius 1 is 0.943 bits per heavy atom. The molecule has 1 spiro atoms. The van der Waals surface area contributed by atoms with Gasteiger partial charge in [0.2, 0.25) is 5.60 Å². The molecule has 2 aliphatic heterocycles. The molecule has 3 aromatic rings. The molecular weight excluding hydrogens is 697 g/mol. The number of epoxide rings is 1. The van der Waals surface area contributed by atoms with E-state index in [2.05, 4.69) is 114 Å². The zero-order chi connectivity index (χ0) is 39.1. The molecule has 3 unspecified atom stereocenters. The molecule has 2 aliphatic rings. The van der Waals surface area contributed by atoms with Crippen molar-refractivity contribution in [3.8, 4) is 5.75 Å². The normalized spacial score (nSPS) is 23.2. The summed E-state index contributed by atoms with van der Waals surface area (Å²) in [4.78, 5) is 14.1. The van der Waals surface area contributed by atoms with Crippen LogP contribution < -0.4 is 4.74 Å². The van der Waals surface area contributed by atoms with Crippen LogP contribution in [0.4, 0.5) is 0 Å². The number of rotatable bonds is 15. The van der Waals surface area contributed by atoms with Crippen LogP contribution >= 0.6 is 0 Å². The van der Waals surface area contributed by atoms with Crippen LogP contribution in [0.25, 0.3) is 11.0 Å². The molecule has 2 fully saturated rings. The van der Waals surface area contributed by atoms with Crippen molar-refractivity contribution in [2.75, 3.05) is 0 Å². The number of hydrogen-bond acceptors (Lipinski definition) is 7. The number of carbonyl (C=O) groups is 1. The van der Waals surface area contributed by atoms with Crippen LogP contribution in [0.2, 0.25) is 36.3 Å². The third kappa shape index (κ3) is 8.54. The van der Waals surface area contributed by atoms with Crippen LogP contribution in [-0.4, -0.2) is 46.5 Å². The van der Waals surface area contributed by atoms with Crippen LogP contribution in [0.5, 0.6) is 5.75 Å². The van der Waals surface area contributed by atoms with E-state index in [4.69, 9.17) is 27.5 Å². The van der Waals surface area contributed by atoms with Crippen LogP contribution in [0.3, 0.4) is 0 Å². The molecule has 0 amide bonds. The molecule has 2 saturated heterocycles. The molecule has 0 saturated carbocycles. The summed E-state index contributed by atoms with van der Waals surface area (Å²) < 4.78 is 40.1. The molecule has 1 aromatic heterocycles.